The molecule has 0 N–H and O–H groups in total. The van der Waals surface area contributed by atoms with Crippen LogP contribution < -0.4 is 0 Å². The van der Waals surface area contributed by atoms with Crippen LogP contribution in [0.25, 0.3) is 11.4 Å². The predicted molar refractivity (Wildman–Crippen MR) is 75.3 cm³/mol. The molecule has 0 amide bonds. The topological polar surface area (TPSA) is 30.7 Å². The number of nitrogens with zero attached hydrogens (tertiary/aromatic N) is 3. The molecular weight excluding hydrogens is 293 g/mol. The van der Waals surface area contributed by atoms with E-state index in [1.54, 1.807) is 12.1 Å². The number of aromatic nitrogens is 3. The van der Waals surface area contributed by atoms with Crippen molar-refractivity contribution in [3.05, 3.63) is 34.1 Å². The van der Waals surface area contributed by atoms with Gasteiger partial charge in [0.15, 0.2) is 5.82 Å². The minimum absolute atomic E-state index is 0.332. The molecule has 2 aromatic rings. The number of hydrogen-bond donors (Lipinski definition) is 0. The van der Waals surface area contributed by atoms with E-state index in [-0.39, 0.29) is 0 Å². The fraction of sp³-hybridized carbons (Fsp3) is 0.333. The Balaban J connectivity index is 2.52. The van der Waals surface area contributed by atoms with E-state index in [9.17, 15) is 0 Å². The molecule has 1 aromatic carbocycles. The summed E-state index contributed by atoms with van der Waals surface area (Å²) in [6.45, 7) is 2.90. The maximum atomic E-state index is 6.19. The highest BCUT2D eigenvalue weighted by Crippen LogP contribution is 2.29. The summed E-state index contributed by atoms with van der Waals surface area (Å²) in [5.74, 6) is 1.81. The average molecular weight is 305 g/mol. The van der Waals surface area contributed by atoms with E-state index in [2.05, 4.69) is 17.1 Å². The van der Waals surface area contributed by atoms with Gasteiger partial charge in [0, 0.05) is 17.1 Å². The first-order chi connectivity index (χ1) is 8.67. The number of halogens is 3. The number of benzene rings is 1. The van der Waals surface area contributed by atoms with Crippen LogP contribution in [0.1, 0.15) is 19.2 Å². The van der Waals surface area contributed by atoms with E-state index >= 15 is 0 Å². The number of alkyl halides is 1. The Kier molecular flexibility index (Phi) is 4.49. The third kappa shape index (κ3) is 2.63. The summed E-state index contributed by atoms with van der Waals surface area (Å²) in [6, 6.07) is 5.33. The predicted octanol–water partition coefficient (Wildman–Crippen LogP) is 4.40. The summed E-state index contributed by atoms with van der Waals surface area (Å²) in [7, 11) is 0. The molecule has 0 fully saturated rings. The minimum Gasteiger partial charge on any atom is -0.310 e. The van der Waals surface area contributed by atoms with Gasteiger partial charge in [0.2, 0.25) is 0 Å². The number of hydrogen-bond acceptors (Lipinski definition) is 2. The summed E-state index contributed by atoms with van der Waals surface area (Å²) < 4.78 is 1.99. The molecule has 0 unspecified atom stereocenters. The monoisotopic (exact) mass is 303 g/mol. The van der Waals surface area contributed by atoms with Crippen LogP contribution in [0.2, 0.25) is 10.0 Å². The van der Waals surface area contributed by atoms with Crippen molar-refractivity contribution in [1.82, 2.24) is 14.8 Å². The molecule has 0 saturated carbocycles. The molecule has 18 heavy (non-hydrogen) atoms. The normalized spacial score (nSPS) is 10.9. The molecule has 3 nitrogen and oxygen atoms in total. The van der Waals surface area contributed by atoms with E-state index in [1.807, 2.05) is 10.6 Å². The van der Waals surface area contributed by atoms with E-state index in [0.29, 0.717) is 15.9 Å². The molecule has 0 radical (unpaired) electrons. The van der Waals surface area contributed by atoms with Crippen LogP contribution in [0.15, 0.2) is 18.2 Å². The Morgan fingerprint density at radius 3 is 2.61 bits per heavy atom. The molecule has 0 spiro atoms. The zero-order chi connectivity index (χ0) is 13.1. The van der Waals surface area contributed by atoms with Gasteiger partial charge in [-0.2, -0.15) is 0 Å². The molecule has 0 atom stereocenters. The maximum absolute atomic E-state index is 6.19. The first-order valence-corrected chi connectivity index (χ1v) is 6.90. The van der Waals surface area contributed by atoms with Crippen LogP contribution in [-0.4, -0.2) is 14.8 Å². The van der Waals surface area contributed by atoms with Crippen molar-refractivity contribution in [3.8, 4) is 11.4 Å². The molecule has 0 bridgehead atoms. The van der Waals surface area contributed by atoms with Crippen LogP contribution in [0.3, 0.4) is 0 Å². The van der Waals surface area contributed by atoms with E-state index in [4.69, 9.17) is 34.8 Å². The average Bonchev–Trinajstić information content (AvgIpc) is 2.73. The van der Waals surface area contributed by atoms with Crippen molar-refractivity contribution in [2.75, 3.05) is 0 Å². The van der Waals surface area contributed by atoms with Crippen LogP contribution in [0.5, 0.6) is 0 Å². The van der Waals surface area contributed by atoms with Gasteiger partial charge in [0.05, 0.1) is 10.9 Å². The highest BCUT2D eigenvalue weighted by Gasteiger charge is 2.15. The highest BCUT2D eigenvalue weighted by molar-refractivity contribution is 6.36. The molecular formula is C12H12Cl3N3. The third-order valence-corrected chi connectivity index (χ3v) is 3.35. The Morgan fingerprint density at radius 1 is 1.22 bits per heavy atom. The summed E-state index contributed by atoms with van der Waals surface area (Å²) in [5, 5.41) is 9.41. The van der Waals surface area contributed by atoms with Gasteiger partial charge in [-0.1, -0.05) is 30.1 Å². The molecule has 0 aliphatic carbocycles. The zero-order valence-electron chi connectivity index (χ0n) is 9.83. The van der Waals surface area contributed by atoms with Gasteiger partial charge in [0.1, 0.15) is 5.82 Å². The third-order valence-electron chi connectivity index (χ3n) is 2.57. The van der Waals surface area contributed by atoms with Crippen LogP contribution >= 0.6 is 34.8 Å². The molecule has 0 aliphatic heterocycles. The van der Waals surface area contributed by atoms with Crippen molar-refractivity contribution in [1.29, 1.82) is 0 Å². The Labute approximate surface area is 121 Å². The first kappa shape index (κ1) is 13.7. The Bertz CT molecular complexity index is 551. The lowest BCUT2D eigenvalue weighted by Crippen LogP contribution is -2.04. The van der Waals surface area contributed by atoms with Gasteiger partial charge in [-0.3, -0.25) is 0 Å². The quantitative estimate of drug-likeness (QED) is 0.784. The molecule has 2 rings (SSSR count). The fourth-order valence-corrected chi connectivity index (χ4v) is 2.45. The molecule has 6 heteroatoms. The lowest BCUT2D eigenvalue weighted by atomic mass is 10.2. The van der Waals surface area contributed by atoms with Gasteiger partial charge in [-0.25, -0.2) is 0 Å². The van der Waals surface area contributed by atoms with Gasteiger partial charge < -0.3 is 4.57 Å². The zero-order valence-corrected chi connectivity index (χ0v) is 12.1. The summed E-state index contributed by atoms with van der Waals surface area (Å²) in [5.41, 5.74) is 0.818. The van der Waals surface area contributed by atoms with Gasteiger partial charge in [-0.15, -0.1) is 21.8 Å². The Morgan fingerprint density at radius 2 is 2.00 bits per heavy atom. The fourth-order valence-electron chi connectivity index (χ4n) is 1.76. The summed E-state index contributed by atoms with van der Waals surface area (Å²) in [4.78, 5) is 0. The summed E-state index contributed by atoms with van der Waals surface area (Å²) in [6.07, 6.45) is 0.972. The largest absolute Gasteiger partial charge is 0.310 e. The lowest BCUT2D eigenvalue weighted by Gasteiger charge is -2.09. The van der Waals surface area contributed by atoms with Crippen LogP contribution in [-0.2, 0) is 12.4 Å². The second-order valence-electron chi connectivity index (χ2n) is 3.85. The van der Waals surface area contributed by atoms with Crippen LogP contribution in [0.4, 0.5) is 0 Å². The van der Waals surface area contributed by atoms with E-state index in [0.717, 1.165) is 30.2 Å². The van der Waals surface area contributed by atoms with Crippen molar-refractivity contribution < 1.29 is 0 Å². The second-order valence-corrected chi connectivity index (χ2v) is 4.96. The smallest absolute Gasteiger partial charge is 0.165 e. The minimum atomic E-state index is 0.332. The Hall–Kier alpha value is -0.770. The van der Waals surface area contributed by atoms with Gasteiger partial charge in [-0.05, 0) is 24.6 Å². The second kappa shape index (κ2) is 5.91. The van der Waals surface area contributed by atoms with Gasteiger partial charge in [0.25, 0.3) is 0 Å². The molecule has 96 valence electrons. The van der Waals surface area contributed by atoms with Crippen molar-refractivity contribution in [2.45, 2.75) is 25.8 Å². The molecule has 1 heterocycles. The molecule has 0 aliphatic rings. The molecule has 1 aromatic heterocycles. The number of rotatable bonds is 4. The van der Waals surface area contributed by atoms with E-state index in [1.165, 1.54) is 0 Å². The van der Waals surface area contributed by atoms with Gasteiger partial charge >= 0.3 is 0 Å². The molecule has 0 saturated heterocycles. The maximum Gasteiger partial charge on any atom is 0.165 e. The van der Waals surface area contributed by atoms with Crippen molar-refractivity contribution in [2.24, 2.45) is 0 Å². The van der Waals surface area contributed by atoms with Crippen molar-refractivity contribution in [3.63, 3.8) is 0 Å². The van der Waals surface area contributed by atoms with Crippen LogP contribution in [0, 0.1) is 0 Å². The van der Waals surface area contributed by atoms with Crippen molar-refractivity contribution >= 4 is 34.8 Å². The standard InChI is InChI=1S/C12H12Cl3N3/c1-2-5-18-11(7-13)16-17-12(18)9-4-3-8(14)6-10(9)15/h3-4,6H,2,5,7H2,1H3. The first-order valence-electron chi connectivity index (χ1n) is 5.60. The highest BCUT2D eigenvalue weighted by atomic mass is 35.5. The van der Waals surface area contributed by atoms with E-state index < -0.39 is 0 Å². The SMILES string of the molecule is CCCn1c(CCl)nnc1-c1ccc(Cl)cc1Cl. The lowest BCUT2D eigenvalue weighted by molar-refractivity contribution is 0.659. The summed E-state index contributed by atoms with van der Waals surface area (Å²) >= 11 is 17.9.